The molecule has 0 saturated heterocycles. The number of hydrogen-bond acceptors (Lipinski definition) is 3. The number of rotatable bonds is 10. The van der Waals surface area contributed by atoms with E-state index >= 15 is 0 Å². The van der Waals surface area contributed by atoms with Crippen LogP contribution in [0.1, 0.15) is 54.4 Å². The number of nitrogens with one attached hydrogen (secondary N) is 1. The third-order valence-corrected chi connectivity index (χ3v) is 3.19. The molecule has 0 aliphatic carbocycles. The lowest BCUT2D eigenvalue weighted by Gasteiger charge is -2.35. The molecular weight excluding hydrogens is 236 g/mol. The Bertz CT molecular complexity index is 211. The summed E-state index contributed by atoms with van der Waals surface area (Å²) in [7, 11) is 1.79. The molecule has 0 aromatic carbocycles. The molecular formula is C16H36N2O. The molecule has 0 saturated carbocycles. The summed E-state index contributed by atoms with van der Waals surface area (Å²) in [6.07, 6.45) is 2.48. The van der Waals surface area contributed by atoms with E-state index in [2.05, 4.69) is 51.8 Å². The van der Waals surface area contributed by atoms with Gasteiger partial charge in [-0.25, -0.2) is 0 Å². The highest BCUT2D eigenvalue weighted by Crippen LogP contribution is 2.11. The Morgan fingerprint density at radius 2 is 1.84 bits per heavy atom. The monoisotopic (exact) mass is 272 g/mol. The Balaban J connectivity index is 4.53. The van der Waals surface area contributed by atoms with Crippen LogP contribution in [0.15, 0.2) is 0 Å². The molecule has 116 valence electrons. The highest BCUT2D eigenvalue weighted by Gasteiger charge is 2.20. The Hall–Kier alpha value is -0.120. The maximum atomic E-state index is 5.27. The van der Waals surface area contributed by atoms with E-state index in [4.69, 9.17) is 4.74 Å². The van der Waals surface area contributed by atoms with Crippen LogP contribution in [0.2, 0.25) is 0 Å². The topological polar surface area (TPSA) is 24.5 Å². The summed E-state index contributed by atoms with van der Waals surface area (Å²) >= 11 is 0. The first-order valence-corrected chi connectivity index (χ1v) is 7.78. The predicted molar refractivity (Wildman–Crippen MR) is 84.7 cm³/mol. The standard InChI is InChI=1S/C16H36N2O/c1-8-9-15(12-17-16(4,5)6)18(10-11-19-7)13-14(2)3/h14-15,17H,8-13H2,1-7H3. The smallest absolute Gasteiger partial charge is 0.0589 e. The zero-order valence-corrected chi connectivity index (χ0v) is 14.3. The maximum absolute atomic E-state index is 5.27. The quantitative estimate of drug-likeness (QED) is 0.661. The van der Waals surface area contributed by atoms with E-state index in [1.54, 1.807) is 7.11 Å². The van der Waals surface area contributed by atoms with Crippen molar-refractivity contribution in [3.05, 3.63) is 0 Å². The zero-order valence-electron chi connectivity index (χ0n) is 14.3. The highest BCUT2D eigenvalue weighted by molar-refractivity contribution is 4.79. The lowest BCUT2D eigenvalue weighted by molar-refractivity contribution is 0.101. The molecule has 1 unspecified atom stereocenters. The van der Waals surface area contributed by atoms with Gasteiger partial charge < -0.3 is 10.1 Å². The zero-order chi connectivity index (χ0) is 14.9. The minimum atomic E-state index is 0.191. The Morgan fingerprint density at radius 1 is 1.21 bits per heavy atom. The summed E-state index contributed by atoms with van der Waals surface area (Å²) in [5, 5.41) is 3.65. The van der Waals surface area contributed by atoms with Crippen molar-refractivity contribution in [2.75, 3.05) is 33.4 Å². The SMILES string of the molecule is CCCC(CNC(C)(C)C)N(CCOC)CC(C)C. The average Bonchev–Trinajstić information content (AvgIpc) is 2.28. The van der Waals surface area contributed by atoms with Crippen molar-refractivity contribution in [2.45, 2.75) is 66.0 Å². The summed E-state index contributed by atoms with van der Waals surface area (Å²) in [5.74, 6) is 0.700. The van der Waals surface area contributed by atoms with Crippen LogP contribution >= 0.6 is 0 Å². The van der Waals surface area contributed by atoms with Crippen molar-refractivity contribution >= 4 is 0 Å². The second-order valence-corrected chi connectivity index (χ2v) is 6.95. The van der Waals surface area contributed by atoms with Crippen molar-refractivity contribution in [1.29, 1.82) is 0 Å². The van der Waals surface area contributed by atoms with E-state index in [0.717, 1.165) is 26.2 Å². The van der Waals surface area contributed by atoms with Crippen LogP contribution in [0, 0.1) is 5.92 Å². The van der Waals surface area contributed by atoms with Crippen LogP contribution in [0.25, 0.3) is 0 Å². The van der Waals surface area contributed by atoms with E-state index in [-0.39, 0.29) is 5.54 Å². The Morgan fingerprint density at radius 3 is 2.26 bits per heavy atom. The first kappa shape index (κ1) is 18.9. The molecule has 3 heteroatoms. The minimum Gasteiger partial charge on any atom is -0.383 e. The average molecular weight is 272 g/mol. The van der Waals surface area contributed by atoms with E-state index in [1.807, 2.05) is 0 Å². The van der Waals surface area contributed by atoms with Gasteiger partial charge in [0.25, 0.3) is 0 Å². The van der Waals surface area contributed by atoms with Crippen LogP contribution in [-0.4, -0.2) is 49.8 Å². The van der Waals surface area contributed by atoms with E-state index in [9.17, 15) is 0 Å². The van der Waals surface area contributed by atoms with Crippen molar-refractivity contribution in [2.24, 2.45) is 5.92 Å². The van der Waals surface area contributed by atoms with Crippen LogP contribution in [0.3, 0.4) is 0 Å². The molecule has 3 nitrogen and oxygen atoms in total. The molecule has 0 rings (SSSR count). The molecule has 19 heavy (non-hydrogen) atoms. The van der Waals surface area contributed by atoms with E-state index in [0.29, 0.717) is 12.0 Å². The van der Waals surface area contributed by atoms with Gasteiger partial charge in [0.2, 0.25) is 0 Å². The molecule has 1 N–H and O–H groups in total. The van der Waals surface area contributed by atoms with Gasteiger partial charge in [0.05, 0.1) is 6.61 Å². The van der Waals surface area contributed by atoms with Crippen LogP contribution in [0.5, 0.6) is 0 Å². The molecule has 0 aliphatic heterocycles. The summed E-state index contributed by atoms with van der Waals surface area (Å²) in [6.45, 7) is 17.6. The van der Waals surface area contributed by atoms with Gasteiger partial charge in [0.15, 0.2) is 0 Å². The maximum Gasteiger partial charge on any atom is 0.0589 e. The van der Waals surface area contributed by atoms with Gasteiger partial charge >= 0.3 is 0 Å². The number of hydrogen-bond donors (Lipinski definition) is 1. The van der Waals surface area contributed by atoms with E-state index < -0.39 is 0 Å². The lowest BCUT2D eigenvalue weighted by atomic mass is 10.0. The molecule has 0 bridgehead atoms. The summed E-state index contributed by atoms with van der Waals surface area (Å²) in [4.78, 5) is 2.59. The van der Waals surface area contributed by atoms with Gasteiger partial charge in [-0.1, -0.05) is 27.2 Å². The van der Waals surface area contributed by atoms with Crippen molar-refractivity contribution < 1.29 is 4.74 Å². The summed E-state index contributed by atoms with van der Waals surface area (Å²) in [6, 6.07) is 0.613. The van der Waals surface area contributed by atoms with Crippen LogP contribution < -0.4 is 5.32 Å². The fourth-order valence-corrected chi connectivity index (χ4v) is 2.27. The first-order valence-electron chi connectivity index (χ1n) is 7.78. The molecule has 0 fully saturated rings. The fourth-order valence-electron chi connectivity index (χ4n) is 2.27. The molecule has 0 heterocycles. The molecule has 0 aliphatic rings. The largest absolute Gasteiger partial charge is 0.383 e. The highest BCUT2D eigenvalue weighted by atomic mass is 16.5. The van der Waals surface area contributed by atoms with E-state index in [1.165, 1.54) is 12.8 Å². The molecule has 1 atom stereocenters. The molecule has 0 aromatic heterocycles. The van der Waals surface area contributed by atoms with Gasteiger partial charge in [-0.05, 0) is 33.1 Å². The number of methoxy groups -OCH3 is 1. The van der Waals surface area contributed by atoms with Crippen LogP contribution in [0.4, 0.5) is 0 Å². The summed E-state index contributed by atoms with van der Waals surface area (Å²) in [5.41, 5.74) is 0.191. The van der Waals surface area contributed by atoms with Gasteiger partial charge in [0, 0.05) is 38.3 Å². The van der Waals surface area contributed by atoms with Gasteiger partial charge in [-0.3, -0.25) is 4.90 Å². The summed E-state index contributed by atoms with van der Waals surface area (Å²) < 4.78 is 5.27. The Kier molecular flexibility index (Phi) is 9.67. The first-order chi connectivity index (χ1) is 8.80. The second-order valence-electron chi connectivity index (χ2n) is 6.95. The van der Waals surface area contributed by atoms with Gasteiger partial charge in [-0.2, -0.15) is 0 Å². The minimum absolute atomic E-state index is 0.191. The molecule has 0 aromatic rings. The van der Waals surface area contributed by atoms with Crippen LogP contribution in [-0.2, 0) is 4.74 Å². The number of nitrogens with zero attached hydrogens (tertiary/aromatic N) is 1. The molecule has 0 spiro atoms. The third kappa shape index (κ3) is 10.3. The van der Waals surface area contributed by atoms with Gasteiger partial charge in [0.1, 0.15) is 0 Å². The fraction of sp³-hybridized carbons (Fsp3) is 1.00. The van der Waals surface area contributed by atoms with Crippen molar-refractivity contribution in [3.63, 3.8) is 0 Å². The van der Waals surface area contributed by atoms with Gasteiger partial charge in [-0.15, -0.1) is 0 Å². The molecule has 0 amide bonds. The number of ether oxygens (including phenoxy) is 1. The third-order valence-electron chi connectivity index (χ3n) is 3.19. The predicted octanol–water partition coefficient (Wildman–Crippen LogP) is 3.15. The van der Waals surface area contributed by atoms with Crippen molar-refractivity contribution in [1.82, 2.24) is 10.2 Å². The molecule has 0 radical (unpaired) electrons. The second kappa shape index (κ2) is 9.73. The lowest BCUT2D eigenvalue weighted by Crippen LogP contribution is -2.49. The van der Waals surface area contributed by atoms with Crippen molar-refractivity contribution in [3.8, 4) is 0 Å². The normalized spacial score (nSPS) is 14.4. The Labute approximate surface area is 121 Å².